The van der Waals surface area contributed by atoms with Gasteiger partial charge < -0.3 is 15.8 Å². The van der Waals surface area contributed by atoms with Gasteiger partial charge in [-0.1, -0.05) is 23.9 Å². The van der Waals surface area contributed by atoms with Gasteiger partial charge in [0.1, 0.15) is 10.6 Å². The van der Waals surface area contributed by atoms with E-state index in [1.54, 1.807) is 19.2 Å². The summed E-state index contributed by atoms with van der Waals surface area (Å²) in [7, 11) is 1.57. The molecule has 0 aliphatic carbocycles. The van der Waals surface area contributed by atoms with Gasteiger partial charge in [0.2, 0.25) is 0 Å². The number of anilines is 1. The topological polar surface area (TPSA) is 90.1 Å². The highest BCUT2D eigenvalue weighted by Crippen LogP contribution is 2.22. The number of ether oxygens (including phenoxy) is 1. The van der Waals surface area contributed by atoms with E-state index in [-0.39, 0.29) is 5.91 Å². The molecule has 0 aliphatic rings. The van der Waals surface area contributed by atoms with Crippen LogP contribution < -0.4 is 15.8 Å². The van der Waals surface area contributed by atoms with Crippen molar-refractivity contribution >= 4 is 23.1 Å². The van der Waals surface area contributed by atoms with Gasteiger partial charge in [0.05, 0.1) is 18.5 Å². The summed E-state index contributed by atoms with van der Waals surface area (Å²) in [4.78, 5) is 12.7. The molecule has 0 aliphatic heterocycles. The lowest BCUT2D eigenvalue weighted by Crippen LogP contribution is -2.23. The van der Waals surface area contributed by atoms with E-state index in [1.165, 1.54) is 0 Å². The molecule has 0 fully saturated rings. The predicted molar refractivity (Wildman–Crippen MR) is 82.5 cm³/mol. The fourth-order valence-corrected chi connectivity index (χ4v) is 2.56. The number of nitrogens with two attached hydrogens (primary N) is 1. The molecule has 7 heteroatoms. The first-order valence-corrected chi connectivity index (χ1v) is 7.44. The Kier molecular flexibility index (Phi) is 5.10. The molecule has 0 radical (unpaired) electrons. The Labute approximate surface area is 127 Å². The Morgan fingerprint density at radius 3 is 2.95 bits per heavy atom. The number of nitrogens with one attached hydrogen (secondary N) is 1. The van der Waals surface area contributed by atoms with Crippen molar-refractivity contribution in [2.45, 2.75) is 26.3 Å². The highest BCUT2D eigenvalue weighted by molar-refractivity contribution is 7.08. The predicted octanol–water partition coefficient (Wildman–Crippen LogP) is 2.01. The van der Waals surface area contributed by atoms with Crippen LogP contribution in [-0.4, -0.2) is 22.6 Å². The van der Waals surface area contributed by atoms with Gasteiger partial charge >= 0.3 is 0 Å². The summed E-state index contributed by atoms with van der Waals surface area (Å²) in [6, 6.07) is 5.44. The van der Waals surface area contributed by atoms with E-state index >= 15 is 0 Å². The minimum Gasteiger partial charge on any atom is -0.495 e. The first-order valence-electron chi connectivity index (χ1n) is 6.67. The van der Waals surface area contributed by atoms with E-state index in [4.69, 9.17) is 10.5 Å². The Bertz CT molecular complexity index is 627. The summed E-state index contributed by atoms with van der Waals surface area (Å²) in [5, 5.41) is 6.85. The zero-order chi connectivity index (χ0) is 15.2. The maximum Gasteiger partial charge on any atom is 0.265 e. The van der Waals surface area contributed by atoms with Crippen LogP contribution in [0.3, 0.4) is 0 Å². The Hall–Kier alpha value is -2.15. The number of hydrogen-bond donors (Lipinski definition) is 2. The molecule has 0 bridgehead atoms. The van der Waals surface area contributed by atoms with Gasteiger partial charge in [-0.05, 0) is 35.6 Å². The Morgan fingerprint density at radius 1 is 1.48 bits per heavy atom. The van der Waals surface area contributed by atoms with Crippen molar-refractivity contribution in [3.63, 3.8) is 0 Å². The van der Waals surface area contributed by atoms with Crippen LogP contribution in [0.2, 0.25) is 0 Å². The number of carbonyl (C=O) groups is 1. The summed E-state index contributed by atoms with van der Waals surface area (Å²) in [6.07, 6.45) is 1.69. The zero-order valence-electron chi connectivity index (χ0n) is 12.0. The average Bonchev–Trinajstić information content (AvgIpc) is 2.93. The lowest BCUT2D eigenvalue weighted by Gasteiger charge is -2.08. The molecule has 3 N–H and O–H groups in total. The normalized spacial score (nSPS) is 10.4. The second kappa shape index (κ2) is 7.03. The maximum absolute atomic E-state index is 12.1. The molecule has 1 aromatic carbocycles. The maximum atomic E-state index is 12.1. The second-order valence-corrected chi connectivity index (χ2v) is 5.31. The number of nitrogen functional groups attached to an aromatic ring is 1. The minimum absolute atomic E-state index is 0.150. The summed E-state index contributed by atoms with van der Waals surface area (Å²) in [5.41, 5.74) is 8.06. The second-order valence-electron chi connectivity index (χ2n) is 4.56. The first-order chi connectivity index (χ1) is 10.2. The van der Waals surface area contributed by atoms with Crippen molar-refractivity contribution in [2.24, 2.45) is 0 Å². The third kappa shape index (κ3) is 3.69. The van der Waals surface area contributed by atoms with Gasteiger partial charge in [0, 0.05) is 6.54 Å². The summed E-state index contributed by atoms with van der Waals surface area (Å²) >= 11 is 1.12. The fraction of sp³-hybridized carbons (Fsp3) is 0.357. The SMILES string of the molecule is CCCc1nnsc1C(=O)NCc1ccc(OC)c(N)c1. The van der Waals surface area contributed by atoms with Crippen molar-refractivity contribution in [1.82, 2.24) is 14.9 Å². The number of amides is 1. The van der Waals surface area contributed by atoms with Gasteiger partial charge in [0.15, 0.2) is 0 Å². The van der Waals surface area contributed by atoms with Crippen LogP contribution in [-0.2, 0) is 13.0 Å². The highest BCUT2D eigenvalue weighted by atomic mass is 32.1. The van der Waals surface area contributed by atoms with Crippen LogP contribution in [0.4, 0.5) is 5.69 Å². The smallest absolute Gasteiger partial charge is 0.265 e. The third-order valence-electron chi connectivity index (χ3n) is 3.00. The van der Waals surface area contributed by atoms with Crippen LogP contribution in [0.5, 0.6) is 5.75 Å². The number of carbonyl (C=O) groups excluding carboxylic acids is 1. The molecule has 0 atom stereocenters. The molecule has 0 spiro atoms. The summed E-state index contributed by atoms with van der Waals surface area (Å²) in [5.74, 6) is 0.477. The van der Waals surface area contributed by atoms with Gasteiger partial charge in [-0.3, -0.25) is 4.79 Å². The standard InChI is InChI=1S/C14H18N4O2S/c1-3-4-11-13(21-18-17-11)14(19)16-8-9-5-6-12(20-2)10(15)7-9/h5-7H,3-4,8,15H2,1-2H3,(H,16,19). The third-order valence-corrected chi connectivity index (χ3v) is 3.76. The van der Waals surface area contributed by atoms with Crippen LogP contribution in [0.1, 0.15) is 34.3 Å². The van der Waals surface area contributed by atoms with Crippen molar-refractivity contribution in [1.29, 1.82) is 0 Å². The monoisotopic (exact) mass is 306 g/mol. The zero-order valence-corrected chi connectivity index (χ0v) is 12.9. The minimum atomic E-state index is -0.150. The highest BCUT2D eigenvalue weighted by Gasteiger charge is 2.15. The largest absolute Gasteiger partial charge is 0.495 e. The van der Waals surface area contributed by atoms with Gasteiger partial charge in [-0.2, -0.15) is 0 Å². The van der Waals surface area contributed by atoms with Crippen LogP contribution in [0, 0.1) is 0 Å². The molecule has 2 rings (SSSR count). The molecule has 1 amide bonds. The van der Waals surface area contributed by atoms with Crippen LogP contribution in [0.15, 0.2) is 18.2 Å². The number of methoxy groups -OCH3 is 1. The Balaban J connectivity index is 2.00. The molecule has 112 valence electrons. The quantitative estimate of drug-likeness (QED) is 0.797. The number of aromatic nitrogens is 2. The van der Waals surface area contributed by atoms with Gasteiger partial charge in [-0.15, -0.1) is 5.10 Å². The molecule has 6 nitrogen and oxygen atoms in total. The fourth-order valence-electron chi connectivity index (χ4n) is 1.94. The summed E-state index contributed by atoms with van der Waals surface area (Å²) < 4.78 is 8.95. The molecular weight excluding hydrogens is 288 g/mol. The molecule has 21 heavy (non-hydrogen) atoms. The molecular formula is C14H18N4O2S. The van der Waals surface area contributed by atoms with E-state index in [9.17, 15) is 4.79 Å². The average molecular weight is 306 g/mol. The lowest BCUT2D eigenvalue weighted by molar-refractivity contribution is 0.0954. The number of nitrogens with zero attached hydrogens (tertiary/aromatic N) is 2. The van der Waals surface area contributed by atoms with E-state index in [0.29, 0.717) is 22.9 Å². The molecule has 0 unspecified atom stereocenters. The molecule has 0 saturated carbocycles. The van der Waals surface area contributed by atoms with E-state index in [0.717, 1.165) is 35.6 Å². The Morgan fingerprint density at radius 2 is 2.29 bits per heavy atom. The molecule has 0 saturated heterocycles. The summed E-state index contributed by atoms with van der Waals surface area (Å²) in [6.45, 7) is 2.44. The van der Waals surface area contributed by atoms with Crippen molar-refractivity contribution < 1.29 is 9.53 Å². The van der Waals surface area contributed by atoms with Gasteiger partial charge in [0.25, 0.3) is 5.91 Å². The van der Waals surface area contributed by atoms with E-state index in [1.807, 2.05) is 13.0 Å². The van der Waals surface area contributed by atoms with Crippen molar-refractivity contribution in [2.75, 3.05) is 12.8 Å². The first kappa shape index (κ1) is 15.2. The molecule has 1 aromatic heterocycles. The van der Waals surface area contributed by atoms with Crippen LogP contribution >= 0.6 is 11.5 Å². The lowest BCUT2D eigenvalue weighted by atomic mass is 10.2. The molecule has 1 heterocycles. The van der Waals surface area contributed by atoms with Gasteiger partial charge in [-0.25, -0.2) is 0 Å². The number of benzene rings is 1. The number of aryl methyl sites for hydroxylation is 1. The van der Waals surface area contributed by atoms with E-state index in [2.05, 4.69) is 14.9 Å². The number of rotatable bonds is 6. The van der Waals surface area contributed by atoms with Crippen molar-refractivity contribution in [3.05, 3.63) is 34.3 Å². The molecule has 2 aromatic rings. The van der Waals surface area contributed by atoms with Crippen molar-refractivity contribution in [3.8, 4) is 5.75 Å². The number of hydrogen-bond acceptors (Lipinski definition) is 6. The van der Waals surface area contributed by atoms with E-state index < -0.39 is 0 Å². The van der Waals surface area contributed by atoms with Crippen LogP contribution in [0.25, 0.3) is 0 Å².